The molecule has 0 fully saturated rings. The van der Waals surface area contributed by atoms with Crippen LogP contribution in [0.25, 0.3) is 0 Å². The number of rotatable bonds is 4. The van der Waals surface area contributed by atoms with Gasteiger partial charge in [0, 0.05) is 11.3 Å². The Balaban J connectivity index is 2.94. The molecule has 0 aliphatic heterocycles. The van der Waals surface area contributed by atoms with Crippen LogP contribution in [-0.4, -0.2) is 20.2 Å². The van der Waals surface area contributed by atoms with Crippen LogP contribution in [-0.2, 0) is 10.5 Å². The summed E-state index contributed by atoms with van der Waals surface area (Å²) in [4.78, 5) is 11.7. The third-order valence-corrected chi connectivity index (χ3v) is 3.18. The molecule has 0 bridgehead atoms. The van der Waals surface area contributed by atoms with E-state index >= 15 is 0 Å². The minimum Gasteiger partial charge on any atom is -0.487 e. The Bertz CT molecular complexity index is 324. The number of methoxy groups -OCH3 is 2. The van der Waals surface area contributed by atoms with E-state index in [4.69, 9.17) is 9.88 Å². The highest BCUT2D eigenvalue weighted by Gasteiger charge is 2.14. The molecule has 4 nitrogen and oxygen atoms in total. The number of carbonyl (C=O) groups is 1. The molecule has 0 aliphatic rings. The van der Waals surface area contributed by atoms with E-state index in [0.29, 0.717) is 15.7 Å². The summed E-state index contributed by atoms with van der Waals surface area (Å²) in [6, 6.07) is 1.75. The zero-order valence-corrected chi connectivity index (χ0v) is 9.54. The molecule has 0 spiro atoms. The summed E-state index contributed by atoms with van der Waals surface area (Å²) in [6.07, 6.45) is 0. The molecule has 0 unspecified atom stereocenters. The molecule has 78 valence electrons. The normalized spacial score (nSPS) is 9.93. The van der Waals surface area contributed by atoms with Gasteiger partial charge in [-0.2, -0.15) is 0 Å². The van der Waals surface area contributed by atoms with Crippen molar-refractivity contribution >= 4 is 29.3 Å². The highest BCUT2D eigenvalue weighted by atomic mass is 32.2. The van der Waals surface area contributed by atoms with Crippen LogP contribution in [0.4, 0.5) is 0 Å². The van der Waals surface area contributed by atoms with Crippen molar-refractivity contribution in [1.29, 1.82) is 0 Å². The van der Waals surface area contributed by atoms with Crippen LogP contribution in [0.5, 0.6) is 5.06 Å². The van der Waals surface area contributed by atoms with Gasteiger partial charge in [0.25, 0.3) is 0 Å². The molecule has 1 aromatic heterocycles. The molecule has 2 N–H and O–H groups in total. The van der Waals surface area contributed by atoms with Crippen LogP contribution >= 0.6 is 23.3 Å². The fraction of sp³-hybridized carbons (Fsp3) is 0.375. The number of carbonyl (C=O) groups excluding carboxylic acids is 1. The summed E-state index contributed by atoms with van der Waals surface area (Å²) >= 11 is 2.46. The molecule has 0 aliphatic carbocycles. The monoisotopic (exact) mass is 233 g/mol. The average molecular weight is 233 g/mol. The van der Waals surface area contributed by atoms with Gasteiger partial charge < -0.3 is 9.47 Å². The number of thiophene rings is 1. The summed E-state index contributed by atoms with van der Waals surface area (Å²) in [5.74, 6) is 0.276. The molecule has 0 saturated heterocycles. The quantitative estimate of drug-likeness (QED) is 0.633. The lowest BCUT2D eigenvalue weighted by molar-refractivity contribution is 0.0606. The van der Waals surface area contributed by atoms with Crippen molar-refractivity contribution in [1.82, 2.24) is 0 Å². The van der Waals surface area contributed by atoms with E-state index in [2.05, 4.69) is 4.74 Å². The second-order valence-electron chi connectivity index (χ2n) is 2.43. The Morgan fingerprint density at radius 1 is 1.64 bits per heavy atom. The van der Waals surface area contributed by atoms with Crippen LogP contribution in [0.3, 0.4) is 0 Å². The fourth-order valence-electron chi connectivity index (χ4n) is 0.976. The van der Waals surface area contributed by atoms with E-state index < -0.39 is 0 Å². The van der Waals surface area contributed by atoms with E-state index in [-0.39, 0.29) is 5.97 Å². The molecule has 1 aromatic rings. The molecular weight excluding hydrogens is 222 g/mol. The van der Waals surface area contributed by atoms with Gasteiger partial charge in [0.2, 0.25) is 0 Å². The van der Waals surface area contributed by atoms with Crippen molar-refractivity contribution in [3.05, 3.63) is 16.5 Å². The molecule has 0 amide bonds. The first-order valence-electron chi connectivity index (χ1n) is 3.79. The summed E-state index contributed by atoms with van der Waals surface area (Å²) < 4.78 is 9.72. The highest BCUT2D eigenvalue weighted by molar-refractivity contribution is 7.96. The Morgan fingerprint density at radius 2 is 2.36 bits per heavy atom. The molecule has 0 aromatic carbocycles. The molecule has 6 heteroatoms. The van der Waals surface area contributed by atoms with Crippen molar-refractivity contribution in [2.75, 3.05) is 14.2 Å². The number of nitrogens with two attached hydrogens (primary N) is 1. The standard InChI is InChI=1S/C8H11NO3S2/c1-11-7(10)6-3-5(4-13-9)8(12-2)14-6/h3H,4,9H2,1-2H3. The van der Waals surface area contributed by atoms with Gasteiger partial charge in [-0.3, -0.25) is 5.14 Å². The van der Waals surface area contributed by atoms with Gasteiger partial charge in [-0.05, 0) is 6.07 Å². The van der Waals surface area contributed by atoms with E-state index in [1.54, 1.807) is 13.2 Å². The summed E-state index contributed by atoms with van der Waals surface area (Å²) in [6.45, 7) is 0. The molecule has 0 radical (unpaired) electrons. The molecule has 0 atom stereocenters. The molecule has 14 heavy (non-hydrogen) atoms. The Labute approximate surface area is 90.5 Å². The zero-order chi connectivity index (χ0) is 10.6. The van der Waals surface area contributed by atoms with Crippen molar-refractivity contribution in [3.8, 4) is 5.06 Å². The van der Waals surface area contributed by atoms with Crippen LogP contribution in [0, 0.1) is 0 Å². The average Bonchev–Trinajstić information content (AvgIpc) is 2.60. The van der Waals surface area contributed by atoms with Gasteiger partial charge in [0.1, 0.15) is 4.88 Å². The van der Waals surface area contributed by atoms with Crippen LogP contribution in [0.2, 0.25) is 0 Å². The third-order valence-electron chi connectivity index (χ3n) is 1.58. The highest BCUT2D eigenvalue weighted by Crippen LogP contribution is 2.32. The lowest BCUT2D eigenvalue weighted by Gasteiger charge is -1.97. The second-order valence-corrected chi connectivity index (χ2v) is 4.07. The predicted octanol–water partition coefficient (Wildman–Crippen LogP) is 1.65. The van der Waals surface area contributed by atoms with Crippen LogP contribution < -0.4 is 9.88 Å². The van der Waals surface area contributed by atoms with Gasteiger partial charge in [0.15, 0.2) is 5.06 Å². The number of hydrogen-bond acceptors (Lipinski definition) is 6. The largest absolute Gasteiger partial charge is 0.487 e. The van der Waals surface area contributed by atoms with Crippen molar-refractivity contribution in [2.24, 2.45) is 5.14 Å². The number of esters is 1. The zero-order valence-electron chi connectivity index (χ0n) is 7.90. The van der Waals surface area contributed by atoms with E-state index in [1.165, 1.54) is 30.4 Å². The Hall–Kier alpha value is -0.720. The predicted molar refractivity (Wildman–Crippen MR) is 57.7 cm³/mol. The lowest BCUT2D eigenvalue weighted by atomic mass is 10.3. The minimum absolute atomic E-state index is 0.346. The first-order valence-corrected chi connectivity index (χ1v) is 5.66. The van der Waals surface area contributed by atoms with Gasteiger partial charge in [-0.1, -0.05) is 23.3 Å². The maximum atomic E-state index is 11.2. The van der Waals surface area contributed by atoms with Crippen LogP contribution in [0.15, 0.2) is 6.07 Å². The van der Waals surface area contributed by atoms with E-state index in [0.717, 1.165) is 5.56 Å². The van der Waals surface area contributed by atoms with Gasteiger partial charge in [0.05, 0.1) is 14.2 Å². The lowest BCUT2D eigenvalue weighted by Crippen LogP contribution is -1.97. The van der Waals surface area contributed by atoms with Gasteiger partial charge in [-0.25, -0.2) is 4.79 Å². The maximum Gasteiger partial charge on any atom is 0.348 e. The van der Waals surface area contributed by atoms with Crippen LogP contribution in [0.1, 0.15) is 15.2 Å². The van der Waals surface area contributed by atoms with Gasteiger partial charge >= 0.3 is 5.97 Å². The summed E-state index contributed by atoms with van der Waals surface area (Å²) in [7, 11) is 2.92. The summed E-state index contributed by atoms with van der Waals surface area (Å²) in [5.41, 5.74) is 0.922. The fourth-order valence-corrected chi connectivity index (χ4v) is 2.37. The summed E-state index contributed by atoms with van der Waals surface area (Å²) in [5, 5.41) is 6.06. The van der Waals surface area contributed by atoms with E-state index in [9.17, 15) is 4.79 Å². The number of ether oxygens (including phenoxy) is 2. The third kappa shape index (κ3) is 2.40. The topological polar surface area (TPSA) is 61.5 Å². The molecule has 1 heterocycles. The smallest absolute Gasteiger partial charge is 0.348 e. The van der Waals surface area contributed by atoms with Crippen molar-refractivity contribution in [2.45, 2.75) is 5.75 Å². The van der Waals surface area contributed by atoms with Gasteiger partial charge in [-0.15, -0.1) is 0 Å². The Kier molecular flexibility index (Phi) is 4.24. The first-order chi connectivity index (χ1) is 6.72. The maximum absolute atomic E-state index is 11.2. The molecule has 1 rings (SSSR count). The van der Waals surface area contributed by atoms with Crippen molar-refractivity contribution < 1.29 is 14.3 Å². The minimum atomic E-state index is -0.346. The first kappa shape index (κ1) is 11.4. The molecule has 0 saturated carbocycles. The van der Waals surface area contributed by atoms with Crippen molar-refractivity contribution in [3.63, 3.8) is 0 Å². The second kappa shape index (κ2) is 5.23. The van der Waals surface area contributed by atoms with E-state index in [1.807, 2.05) is 0 Å². The molecular formula is C8H11NO3S2. The Morgan fingerprint density at radius 3 is 2.86 bits per heavy atom. The SMILES string of the molecule is COC(=O)c1cc(CSN)c(OC)s1. The number of hydrogen-bond donors (Lipinski definition) is 1.